The Morgan fingerprint density at radius 1 is 1.09 bits per heavy atom. The van der Waals surface area contributed by atoms with Gasteiger partial charge in [0.2, 0.25) is 10.0 Å². The highest BCUT2D eigenvalue weighted by molar-refractivity contribution is 7.88. The molecular formula is C27H29N3O4S. The third kappa shape index (κ3) is 5.13. The third-order valence-electron chi connectivity index (χ3n) is 6.10. The SMILES string of the molecule is Cc1cc(C(C)Nc2cccnc2CN(C)S(C)(=O)=O)c2oc(-c3ccccc3)c(C)c(=O)c2c1. The molecule has 4 rings (SSSR count). The van der Waals surface area contributed by atoms with Gasteiger partial charge in [-0.1, -0.05) is 36.4 Å². The van der Waals surface area contributed by atoms with E-state index in [1.807, 2.05) is 62.4 Å². The lowest BCUT2D eigenvalue weighted by Crippen LogP contribution is -2.26. The minimum Gasteiger partial charge on any atom is -0.455 e. The second-order valence-corrected chi connectivity index (χ2v) is 11.0. The van der Waals surface area contributed by atoms with Crippen LogP contribution in [0.25, 0.3) is 22.3 Å². The summed E-state index contributed by atoms with van der Waals surface area (Å²) in [5, 5.41) is 3.99. The lowest BCUT2D eigenvalue weighted by atomic mass is 9.98. The maximum absolute atomic E-state index is 13.3. The largest absolute Gasteiger partial charge is 0.455 e. The van der Waals surface area contributed by atoms with Gasteiger partial charge in [-0.3, -0.25) is 9.78 Å². The van der Waals surface area contributed by atoms with E-state index in [0.29, 0.717) is 33.7 Å². The van der Waals surface area contributed by atoms with Crippen LogP contribution >= 0.6 is 0 Å². The molecule has 0 saturated carbocycles. The Labute approximate surface area is 205 Å². The minimum absolute atomic E-state index is 0.0564. The van der Waals surface area contributed by atoms with Crippen LogP contribution in [0.15, 0.2) is 70.0 Å². The van der Waals surface area contributed by atoms with Crippen LogP contribution < -0.4 is 10.7 Å². The van der Waals surface area contributed by atoms with Crippen molar-refractivity contribution in [1.29, 1.82) is 0 Å². The van der Waals surface area contributed by atoms with E-state index in [1.165, 1.54) is 17.6 Å². The summed E-state index contributed by atoms with van der Waals surface area (Å²) >= 11 is 0. The van der Waals surface area contributed by atoms with Gasteiger partial charge in [0.05, 0.1) is 35.6 Å². The number of nitrogens with zero attached hydrogens (tertiary/aromatic N) is 2. The van der Waals surface area contributed by atoms with Gasteiger partial charge >= 0.3 is 0 Å². The Bertz CT molecular complexity index is 1550. The Hall–Kier alpha value is -3.49. The molecule has 7 nitrogen and oxygen atoms in total. The van der Waals surface area contributed by atoms with Crippen molar-refractivity contribution in [2.75, 3.05) is 18.6 Å². The molecule has 2 aromatic heterocycles. The number of fused-ring (bicyclic) bond motifs is 1. The van der Waals surface area contributed by atoms with Crippen LogP contribution in [0.2, 0.25) is 0 Å². The molecule has 1 atom stereocenters. The van der Waals surface area contributed by atoms with Crippen LogP contribution in [0.4, 0.5) is 5.69 Å². The standard InChI is InChI=1S/C27H29N3O4S/c1-17-14-21(19(3)29-23-12-9-13-28-24(23)16-30(4)35(5,32)33)27-22(15-17)25(31)18(2)26(34-27)20-10-7-6-8-11-20/h6-15,19,29H,16H2,1-5H3. The van der Waals surface area contributed by atoms with Crippen molar-refractivity contribution in [1.82, 2.24) is 9.29 Å². The van der Waals surface area contributed by atoms with Gasteiger partial charge in [-0.05, 0) is 44.5 Å². The summed E-state index contributed by atoms with van der Waals surface area (Å²) in [4.78, 5) is 17.7. The highest BCUT2D eigenvalue weighted by Crippen LogP contribution is 2.32. The fourth-order valence-corrected chi connectivity index (χ4v) is 4.45. The third-order valence-corrected chi connectivity index (χ3v) is 7.36. The molecule has 1 N–H and O–H groups in total. The van der Waals surface area contributed by atoms with E-state index in [1.54, 1.807) is 19.2 Å². The van der Waals surface area contributed by atoms with Gasteiger partial charge in [-0.2, -0.15) is 4.31 Å². The van der Waals surface area contributed by atoms with Crippen molar-refractivity contribution in [3.8, 4) is 11.3 Å². The quantitative estimate of drug-likeness (QED) is 0.390. The van der Waals surface area contributed by atoms with E-state index in [-0.39, 0.29) is 18.0 Å². The van der Waals surface area contributed by atoms with Crippen molar-refractivity contribution in [2.45, 2.75) is 33.4 Å². The summed E-state index contributed by atoms with van der Waals surface area (Å²) in [6.45, 7) is 5.85. The van der Waals surface area contributed by atoms with Gasteiger partial charge in [0, 0.05) is 29.9 Å². The Balaban J connectivity index is 1.80. The van der Waals surface area contributed by atoms with Gasteiger partial charge in [-0.25, -0.2) is 8.42 Å². The van der Waals surface area contributed by atoms with E-state index in [2.05, 4.69) is 10.3 Å². The van der Waals surface area contributed by atoms with Crippen LogP contribution in [0.5, 0.6) is 0 Å². The monoisotopic (exact) mass is 491 g/mol. The predicted octanol–water partition coefficient (Wildman–Crippen LogP) is 5.04. The number of anilines is 1. The van der Waals surface area contributed by atoms with Crippen molar-refractivity contribution in [2.24, 2.45) is 0 Å². The second-order valence-electron chi connectivity index (χ2n) is 8.86. The van der Waals surface area contributed by atoms with Gasteiger partial charge in [-0.15, -0.1) is 0 Å². The number of pyridine rings is 1. The molecule has 1 unspecified atom stereocenters. The number of aromatic nitrogens is 1. The zero-order chi connectivity index (χ0) is 25.3. The lowest BCUT2D eigenvalue weighted by Gasteiger charge is -2.21. The van der Waals surface area contributed by atoms with Crippen LogP contribution in [-0.4, -0.2) is 31.0 Å². The Kier molecular flexibility index (Phi) is 6.78. The summed E-state index contributed by atoms with van der Waals surface area (Å²) in [5.41, 5.74) is 4.98. The van der Waals surface area contributed by atoms with Crippen molar-refractivity contribution in [3.63, 3.8) is 0 Å². The number of hydrogen-bond donors (Lipinski definition) is 1. The molecule has 35 heavy (non-hydrogen) atoms. The van der Waals surface area contributed by atoms with Crippen LogP contribution in [0.1, 0.15) is 35.3 Å². The maximum Gasteiger partial charge on any atom is 0.211 e. The Morgan fingerprint density at radius 2 is 1.80 bits per heavy atom. The first-order valence-electron chi connectivity index (χ1n) is 11.3. The van der Waals surface area contributed by atoms with E-state index < -0.39 is 10.0 Å². The number of nitrogens with one attached hydrogen (secondary N) is 1. The molecule has 0 bridgehead atoms. The van der Waals surface area contributed by atoms with Gasteiger partial charge in [0.25, 0.3) is 0 Å². The number of aryl methyl sites for hydroxylation is 1. The average Bonchev–Trinajstić information content (AvgIpc) is 2.82. The van der Waals surface area contributed by atoms with E-state index >= 15 is 0 Å². The van der Waals surface area contributed by atoms with Crippen molar-refractivity contribution >= 4 is 26.7 Å². The molecule has 0 spiro atoms. The second kappa shape index (κ2) is 9.64. The first-order chi connectivity index (χ1) is 16.6. The maximum atomic E-state index is 13.3. The highest BCUT2D eigenvalue weighted by atomic mass is 32.2. The van der Waals surface area contributed by atoms with Gasteiger partial charge in [0.15, 0.2) is 5.43 Å². The summed E-state index contributed by atoms with van der Waals surface area (Å²) < 4.78 is 31.5. The molecule has 0 aliphatic heterocycles. The molecule has 0 saturated heterocycles. The zero-order valence-corrected chi connectivity index (χ0v) is 21.3. The molecule has 2 heterocycles. The molecular weight excluding hydrogens is 462 g/mol. The normalized spacial score (nSPS) is 12.7. The number of hydrogen-bond acceptors (Lipinski definition) is 6. The fourth-order valence-electron chi connectivity index (χ4n) is 4.09. The van der Waals surface area contributed by atoms with E-state index in [9.17, 15) is 13.2 Å². The molecule has 182 valence electrons. The average molecular weight is 492 g/mol. The predicted molar refractivity (Wildman–Crippen MR) is 140 cm³/mol. The summed E-state index contributed by atoms with van der Waals surface area (Å²) in [6, 6.07) is 16.9. The lowest BCUT2D eigenvalue weighted by molar-refractivity contribution is 0.468. The summed E-state index contributed by atoms with van der Waals surface area (Å²) in [6.07, 6.45) is 2.80. The Morgan fingerprint density at radius 3 is 2.49 bits per heavy atom. The molecule has 0 radical (unpaired) electrons. The van der Waals surface area contributed by atoms with Gasteiger partial charge in [0.1, 0.15) is 11.3 Å². The number of benzene rings is 2. The van der Waals surface area contributed by atoms with E-state index in [4.69, 9.17) is 4.42 Å². The molecule has 0 amide bonds. The van der Waals surface area contributed by atoms with Crippen molar-refractivity contribution in [3.05, 3.63) is 93.4 Å². The van der Waals surface area contributed by atoms with Crippen LogP contribution in [0, 0.1) is 13.8 Å². The molecule has 2 aromatic carbocycles. The zero-order valence-electron chi connectivity index (χ0n) is 20.5. The highest BCUT2D eigenvalue weighted by Gasteiger charge is 2.20. The summed E-state index contributed by atoms with van der Waals surface area (Å²) in [5.74, 6) is 0.553. The molecule has 0 aliphatic rings. The minimum atomic E-state index is -3.36. The molecule has 0 fully saturated rings. The van der Waals surface area contributed by atoms with E-state index in [0.717, 1.165) is 16.7 Å². The fraction of sp³-hybridized carbons (Fsp3) is 0.259. The van der Waals surface area contributed by atoms with Gasteiger partial charge < -0.3 is 9.73 Å². The molecule has 0 aliphatic carbocycles. The first kappa shape index (κ1) is 24.6. The summed E-state index contributed by atoms with van der Waals surface area (Å²) in [7, 11) is -1.84. The topological polar surface area (TPSA) is 92.5 Å². The molecule has 8 heteroatoms. The first-order valence-corrected chi connectivity index (χ1v) is 13.2. The smallest absolute Gasteiger partial charge is 0.211 e. The van der Waals surface area contributed by atoms with Crippen LogP contribution in [-0.2, 0) is 16.6 Å². The van der Waals surface area contributed by atoms with Crippen LogP contribution in [0.3, 0.4) is 0 Å². The number of sulfonamides is 1. The molecule has 4 aromatic rings. The number of rotatable bonds is 7. The van der Waals surface area contributed by atoms with Crippen molar-refractivity contribution < 1.29 is 12.8 Å².